The third-order valence-corrected chi connectivity index (χ3v) is 5.43. The fourth-order valence-electron chi connectivity index (χ4n) is 2.74. The molecule has 144 valence electrons. The molecule has 0 aromatic heterocycles. The zero-order valence-corrected chi connectivity index (χ0v) is 16.3. The Morgan fingerprint density at radius 3 is 2.41 bits per heavy atom. The number of nitrogens with one attached hydrogen (secondary N) is 1. The number of sulfonamides is 1. The fourth-order valence-corrected chi connectivity index (χ4v) is 3.59. The Hall–Kier alpha value is -2.74. The van der Waals surface area contributed by atoms with Gasteiger partial charge in [-0.1, -0.05) is 6.07 Å². The van der Waals surface area contributed by atoms with E-state index in [-0.39, 0.29) is 6.54 Å². The minimum atomic E-state index is -3.67. The van der Waals surface area contributed by atoms with E-state index in [2.05, 4.69) is 5.32 Å². The van der Waals surface area contributed by atoms with Crippen LogP contribution in [-0.4, -0.2) is 40.3 Å². The van der Waals surface area contributed by atoms with Crippen molar-refractivity contribution in [2.75, 3.05) is 35.6 Å². The lowest BCUT2D eigenvalue weighted by atomic mass is 10.1. The molecule has 0 atom stereocenters. The van der Waals surface area contributed by atoms with Crippen LogP contribution in [0.5, 0.6) is 11.5 Å². The molecule has 2 aromatic carbocycles. The van der Waals surface area contributed by atoms with Gasteiger partial charge in [0.15, 0.2) is 11.5 Å². The Balaban J connectivity index is 1.81. The monoisotopic (exact) mass is 390 g/mol. The highest BCUT2D eigenvalue weighted by atomic mass is 32.2. The second-order valence-electron chi connectivity index (χ2n) is 6.44. The van der Waals surface area contributed by atoms with Crippen LogP contribution in [0.2, 0.25) is 0 Å². The summed E-state index contributed by atoms with van der Waals surface area (Å²) in [5, 5.41) is 2.74. The quantitative estimate of drug-likeness (QED) is 0.848. The van der Waals surface area contributed by atoms with Gasteiger partial charge in [-0.15, -0.1) is 0 Å². The third kappa shape index (κ3) is 4.51. The van der Waals surface area contributed by atoms with Crippen LogP contribution in [-0.2, 0) is 14.8 Å². The molecule has 0 bridgehead atoms. The van der Waals surface area contributed by atoms with Crippen molar-refractivity contribution in [3.63, 3.8) is 0 Å². The first-order valence-electron chi connectivity index (χ1n) is 8.48. The number of amides is 1. The highest BCUT2D eigenvalue weighted by Gasteiger charge is 2.23. The number of hydrogen-bond donors (Lipinski definition) is 1. The lowest BCUT2D eigenvalue weighted by Gasteiger charge is -2.24. The molecule has 27 heavy (non-hydrogen) atoms. The van der Waals surface area contributed by atoms with E-state index in [1.165, 1.54) is 0 Å². The Labute approximate surface area is 158 Å². The average Bonchev–Trinajstić information content (AvgIpc) is 2.61. The van der Waals surface area contributed by atoms with Gasteiger partial charge in [0.05, 0.1) is 11.9 Å². The van der Waals surface area contributed by atoms with Crippen molar-refractivity contribution in [2.24, 2.45) is 0 Å². The molecule has 0 fully saturated rings. The molecule has 1 aliphatic heterocycles. The van der Waals surface area contributed by atoms with Crippen LogP contribution < -0.4 is 19.1 Å². The van der Waals surface area contributed by atoms with Gasteiger partial charge in [0.25, 0.3) is 0 Å². The van der Waals surface area contributed by atoms with Crippen LogP contribution >= 0.6 is 0 Å². The smallest absolute Gasteiger partial charge is 0.245 e. The molecule has 0 unspecified atom stereocenters. The van der Waals surface area contributed by atoms with Gasteiger partial charge in [-0.05, 0) is 49.2 Å². The minimum Gasteiger partial charge on any atom is -0.486 e. The van der Waals surface area contributed by atoms with Crippen molar-refractivity contribution in [3.05, 3.63) is 47.5 Å². The van der Waals surface area contributed by atoms with E-state index in [9.17, 15) is 13.2 Å². The molecule has 0 spiro atoms. The first-order valence-corrected chi connectivity index (χ1v) is 10.3. The second kappa shape index (κ2) is 7.48. The zero-order chi connectivity index (χ0) is 19.6. The Kier molecular flexibility index (Phi) is 5.27. The second-order valence-corrected chi connectivity index (χ2v) is 8.35. The van der Waals surface area contributed by atoms with Crippen LogP contribution in [0.4, 0.5) is 11.4 Å². The number of carbonyl (C=O) groups excluding carboxylic acids is 1. The molecule has 0 saturated heterocycles. The van der Waals surface area contributed by atoms with Crippen LogP contribution in [0.15, 0.2) is 36.4 Å². The van der Waals surface area contributed by atoms with Crippen molar-refractivity contribution < 1.29 is 22.7 Å². The number of rotatable bonds is 5. The minimum absolute atomic E-state index is 0.342. The van der Waals surface area contributed by atoms with E-state index in [4.69, 9.17) is 9.47 Å². The van der Waals surface area contributed by atoms with E-state index >= 15 is 0 Å². The predicted octanol–water partition coefficient (Wildman–Crippen LogP) is 2.48. The molecule has 1 aliphatic rings. The topological polar surface area (TPSA) is 84.9 Å². The number of benzene rings is 2. The van der Waals surface area contributed by atoms with Crippen LogP contribution in [0.3, 0.4) is 0 Å². The Bertz CT molecular complexity index is 972. The van der Waals surface area contributed by atoms with Gasteiger partial charge >= 0.3 is 0 Å². The van der Waals surface area contributed by atoms with Crippen molar-refractivity contribution in [1.29, 1.82) is 0 Å². The molecule has 1 N–H and O–H groups in total. The predicted molar refractivity (Wildman–Crippen MR) is 104 cm³/mol. The zero-order valence-electron chi connectivity index (χ0n) is 15.5. The summed E-state index contributed by atoms with van der Waals surface area (Å²) >= 11 is 0. The van der Waals surface area contributed by atoms with Crippen molar-refractivity contribution in [3.8, 4) is 11.5 Å². The summed E-state index contributed by atoms with van der Waals surface area (Å²) in [6.07, 6.45) is 1.06. The number of aryl methyl sites for hydroxylation is 2. The van der Waals surface area contributed by atoms with Crippen molar-refractivity contribution >= 4 is 27.3 Å². The van der Waals surface area contributed by atoms with Crippen LogP contribution in [0.25, 0.3) is 0 Å². The average molecular weight is 390 g/mol. The molecule has 8 heteroatoms. The van der Waals surface area contributed by atoms with Gasteiger partial charge in [-0.3, -0.25) is 9.10 Å². The molecule has 0 radical (unpaired) electrons. The van der Waals surface area contributed by atoms with Crippen molar-refractivity contribution in [1.82, 2.24) is 0 Å². The van der Waals surface area contributed by atoms with Crippen LogP contribution in [0.1, 0.15) is 11.1 Å². The maximum atomic E-state index is 12.5. The molecular formula is C19H22N2O5S. The largest absolute Gasteiger partial charge is 0.486 e. The summed E-state index contributed by atoms with van der Waals surface area (Å²) in [4.78, 5) is 12.5. The van der Waals surface area contributed by atoms with Gasteiger partial charge in [0, 0.05) is 11.8 Å². The highest BCUT2D eigenvalue weighted by molar-refractivity contribution is 7.92. The maximum Gasteiger partial charge on any atom is 0.245 e. The summed E-state index contributed by atoms with van der Waals surface area (Å²) in [6, 6.07) is 10.3. The third-order valence-electron chi connectivity index (χ3n) is 4.29. The van der Waals surface area contributed by atoms with E-state index in [1.807, 2.05) is 26.0 Å². The molecular weight excluding hydrogens is 368 g/mol. The summed E-state index contributed by atoms with van der Waals surface area (Å²) in [5.74, 6) is 0.582. The standard InChI is InChI=1S/C19H22N2O5S/c1-13-4-5-15(10-14(13)2)20-19(22)12-21(27(3,23)24)16-6-7-17-18(11-16)26-9-8-25-17/h4-7,10-11H,8-9,12H2,1-3H3,(H,20,22). The molecule has 2 aromatic rings. The maximum absolute atomic E-state index is 12.5. The highest BCUT2D eigenvalue weighted by Crippen LogP contribution is 2.34. The number of fused-ring (bicyclic) bond motifs is 1. The van der Waals surface area contributed by atoms with E-state index < -0.39 is 15.9 Å². The SMILES string of the molecule is Cc1ccc(NC(=O)CN(c2ccc3c(c2)OCCO3)S(C)(=O)=O)cc1C. The Morgan fingerprint density at radius 1 is 1.04 bits per heavy atom. The van der Waals surface area contributed by atoms with Gasteiger partial charge in [0.1, 0.15) is 19.8 Å². The molecule has 0 aliphatic carbocycles. The summed E-state index contributed by atoms with van der Waals surface area (Å²) in [7, 11) is -3.67. The molecule has 7 nitrogen and oxygen atoms in total. The first-order chi connectivity index (χ1) is 12.7. The lowest BCUT2D eigenvalue weighted by molar-refractivity contribution is -0.114. The van der Waals surface area contributed by atoms with Gasteiger partial charge in [0.2, 0.25) is 15.9 Å². The number of ether oxygens (including phenoxy) is 2. The summed E-state index contributed by atoms with van der Waals surface area (Å²) < 4.78 is 36.5. The normalized spacial score (nSPS) is 13.1. The summed E-state index contributed by atoms with van der Waals surface area (Å²) in [6.45, 7) is 4.42. The van der Waals surface area contributed by atoms with Gasteiger partial charge < -0.3 is 14.8 Å². The van der Waals surface area contributed by atoms with Crippen molar-refractivity contribution in [2.45, 2.75) is 13.8 Å². The first kappa shape index (κ1) is 19.0. The summed E-state index contributed by atoms with van der Waals surface area (Å²) in [5.41, 5.74) is 3.12. The van der Waals surface area contributed by atoms with E-state index in [1.54, 1.807) is 24.3 Å². The van der Waals surface area contributed by atoms with E-state index in [0.29, 0.717) is 36.1 Å². The molecule has 1 amide bonds. The van der Waals surface area contributed by atoms with E-state index in [0.717, 1.165) is 21.7 Å². The number of carbonyl (C=O) groups is 1. The van der Waals surface area contributed by atoms with Gasteiger partial charge in [-0.25, -0.2) is 8.42 Å². The van der Waals surface area contributed by atoms with Gasteiger partial charge in [-0.2, -0.15) is 0 Å². The number of anilines is 2. The van der Waals surface area contributed by atoms with Crippen LogP contribution in [0, 0.1) is 13.8 Å². The number of nitrogens with zero attached hydrogens (tertiary/aromatic N) is 1. The number of hydrogen-bond acceptors (Lipinski definition) is 5. The Morgan fingerprint density at radius 2 is 1.74 bits per heavy atom. The molecule has 0 saturated carbocycles. The lowest BCUT2D eigenvalue weighted by Crippen LogP contribution is -2.37. The molecule has 1 heterocycles. The fraction of sp³-hybridized carbons (Fsp3) is 0.316. The molecule has 3 rings (SSSR count).